The minimum Gasteiger partial charge on any atom is -0.207 e. The Morgan fingerprint density at radius 3 is 2.03 bits per heavy atom. The van der Waals surface area contributed by atoms with Gasteiger partial charge in [0.15, 0.2) is 0 Å². The second-order valence-electron chi connectivity index (χ2n) is 11.0. The summed E-state index contributed by atoms with van der Waals surface area (Å²) in [4.78, 5) is 0. The van der Waals surface area contributed by atoms with Gasteiger partial charge < -0.3 is 0 Å². The van der Waals surface area contributed by atoms with Crippen molar-refractivity contribution in [3.63, 3.8) is 0 Å². The van der Waals surface area contributed by atoms with Crippen molar-refractivity contribution in [2.75, 3.05) is 0 Å². The number of benzene rings is 2. The van der Waals surface area contributed by atoms with Gasteiger partial charge in [-0.25, -0.2) is 8.78 Å². The standard InChI is InChI=1S/C32H42F2/c1-3-4-6-11-30-31(33)21-29(22-32(30)34)28-18-16-27(17-19-28)26-14-12-24(13-15-26)20-23(2)25-9-7-5-8-10-25/h3-5,7-10,21-24,26-28H,6,11-20H2,1-2H3/t23-,24?,26?,27?,28?/m1/s1. The molecule has 2 aliphatic rings. The number of hydrogen-bond acceptors (Lipinski definition) is 0. The summed E-state index contributed by atoms with van der Waals surface area (Å²) in [6.07, 6.45) is 16.4. The van der Waals surface area contributed by atoms with Crippen molar-refractivity contribution in [1.82, 2.24) is 0 Å². The predicted octanol–water partition coefficient (Wildman–Crippen LogP) is 9.75. The Morgan fingerprint density at radius 1 is 0.853 bits per heavy atom. The highest BCUT2D eigenvalue weighted by Crippen LogP contribution is 2.45. The number of hydrogen-bond donors (Lipinski definition) is 0. The molecule has 2 heteroatoms. The van der Waals surface area contributed by atoms with Crippen molar-refractivity contribution in [1.29, 1.82) is 0 Å². The van der Waals surface area contributed by atoms with Crippen molar-refractivity contribution in [3.8, 4) is 0 Å². The van der Waals surface area contributed by atoms with Gasteiger partial charge in [0.2, 0.25) is 0 Å². The largest absolute Gasteiger partial charge is 0.207 e. The van der Waals surface area contributed by atoms with Crippen LogP contribution in [-0.2, 0) is 6.42 Å². The number of allylic oxidation sites excluding steroid dienone is 2. The van der Waals surface area contributed by atoms with E-state index in [-0.39, 0.29) is 17.2 Å². The molecule has 2 aromatic rings. The van der Waals surface area contributed by atoms with Gasteiger partial charge in [0.1, 0.15) is 11.6 Å². The first-order chi connectivity index (χ1) is 16.5. The molecular weight excluding hydrogens is 422 g/mol. The molecule has 0 spiro atoms. The molecule has 0 bridgehead atoms. The summed E-state index contributed by atoms with van der Waals surface area (Å²) in [5.41, 5.74) is 2.59. The molecule has 0 radical (unpaired) electrons. The topological polar surface area (TPSA) is 0 Å². The van der Waals surface area contributed by atoms with Crippen LogP contribution in [0.15, 0.2) is 54.6 Å². The Morgan fingerprint density at radius 2 is 1.44 bits per heavy atom. The van der Waals surface area contributed by atoms with Gasteiger partial charge in [-0.2, -0.15) is 0 Å². The fourth-order valence-electron chi connectivity index (χ4n) is 6.73. The molecule has 184 valence electrons. The van der Waals surface area contributed by atoms with Gasteiger partial charge in [-0.15, -0.1) is 0 Å². The third-order valence-electron chi connectivity index (χ3n) is 8.82. The molecular formula is C32H42F2. The monoisotopic (exact) mass is 464 g/mol. The van der Waals surface area contributed by atoms with Crippen LogP contribution >= 0.6 is 0 Å². The van der Waals surface area contributed by atoms with E-state index in [4.69, 9.17) is 0 Å². The van der Waals surface area contributed by atoms with Crippen LogP contribution in [0.1, 0.15) is 107 Å². The molecule has 0 amide bonds. The van der Waals surface area contributed by atoms with E-state index in [1.54, 1.807) is 12.1 Å². The minimum atomic E-state index is -0.357. The van der Waals surface area contributed by atoms with Crippen LogP contribution in [0.25, 0.3) is 0 Å². The van der Waals surface area contributed by atoms with Crippen LogP contribution < -0.4 is 0 Å². The van der Waals surface area contributed by atoms with E-state index in [1.165, 1.54) is 50.5 Å². The van der Waals surface area contributed by atoms with Crippen LogP contribution in [0.5, 0.6) is 0 Å². The summed E-state index contributed by atoms with van der Waals surface area (Å²) in [5, 5.41) is 0. The van der Waals surface area contributed by atoms with Gasteiger partial charge in [-0.1, -0.05) is 62.2 Å². The van der Waals surface area contributed by atoms with Gasteiger partial charge in [0, 0.05) is 5.56 Å². The average molecular weight is 465 g/mol. The summed E-state index contributed by atoms with van der Waals surface area (Å²) in [6, 6.07) is 14.2. The lowest BCUT2D eigenvalue weighted by molar-refractivity contribution is 0.154. The molecule has 2 aromatic carbocycles. The fraction of sp³-hybridized carbons (Fsp3) is 0.562. The third kappa shape index (κ3) is 6.37. The lowest BCUT2D eigenvalue weighted by atomic mass is 9.67. The van der Waals surface area contributed by atoms with E-state index in [9.17, 15) is 8.78 Å². The van der Waals surface area contributed by atoms with Gasteiger partial charge in [0.25, 0.3) is 0 Å². The zero-order valence-corrected chi connectivity index (χ0v) is 21.1. The number of halogens is 2. The molecule has 2 saturated carbocycles. The Hall–Kier alpha value is -1.96. The van der Waals surface area contributed by atoms with Gasteiger partial charge in [0.05, 0.1) is 0 Å². The smallest absolute Gasteiger partial charge is 0.129 e. The molecule has 0 unspecified atom stereocenters. The first-order valence-corrected chi connectivity index (χ1v) is 13.7. The molecule has 4 rings (SSSR count). The molecule has 0 heterocycles. The van der Waals surface area contributed by atoms with E-state index < -0.39 is 0 Å². The zero-order chi connectivity index (χ0) is 23.9. The molecule has 2 fully saturated rings. The predicted molar refractivity (Wildman–Crippen MR) is 139 cm³/mol. The van der Waals surface area contributed by atoms with Gasteiger partial charge in [-0.05, 0) is 118 Å². The maximum Gasteiger partial charge on any atom is 0.129 e. The summed E-state index contributed by atoms with van der Waals surface area (Å²) in [6.45, 7) is 4.31. The summed E-state index contributed by atoms with van der Waals surface area (Å²) in [5.74, 6) is 2.76. The lowest BCUT2D eigenvalue weighted by Gasteiger charge is -2.38. The van der Waals surface area contributed by atoms with E-state index >= 15 is 0 Å². The lowest BCUT2D eigenvalue weighted by Crippen LogP contribution is -2.26. The van der Waals surface area contributed by atoms with E-state index in [0.29, 0.717) is 24.7 Å². The maximum atomic E-state index is 14.6. The quantitative estimate of drug-likeness (QED) is 0.341. The molecule has 0 saturated heterocycles. The van der Waals surface area contributed by atoms with E-state index in [1.807, 2.05) is 19.1 Å². The molecule has 0 aliphatic heterocycles. The minimum absolute atomic E-state index is 0.244. The second kappa shape index (κ2) is 12.1. The van der Waals surface area contributed by atoms with Crippen LogP contribution in [0.2, 0.25) is 0 Å². The molecule has 0 N–H and O–H groups in total. The molecule has 0 nitrogen and oxygen atoms in total. The highest BCUT2D eigenvalue weighted by Gasteiger charge is 2.32. The van der Waals surface area contributed by atoms with Crippen molar-refractivity contribution in [3.05, 3.63) is 82.9 Å². The second-order valence-corrected chi connectivity index (χ2v) is 11.0. The fourth-order valence-corrected chi connectivity index (χ4v) is 6.73. The Balaban J connectivity index is 1.24. The SMILES string of the molecule is CC=CCCc1c(F)cc(C2CCC(C3CCC(C[C@@H](C)c4ccccc4)CC3)CC2)cc1F. The maximum absolute atomic E-state index is 14.6. The van der Waals surface area contributed by atoms with Gasteiger partial charge in [-0.3, -0.25) is 0 Å². The van der Waals surface area contributed by atoms with Crippen LogP contribution in [0, 0.1) is 29.4 Å². The van der Waals surface area contributed by atoms with Gasteiger partial charge >= 0.3 is 0 Å². The molecule has 1 atom stereocenters. The summed E-state index contributed by atoms with van der Waals surface area (Å²) >= 11 is 0. The normalized spacial score (nSPS) is 26.6. The summed E-state index contributed by atoms with van der Waals surface area (Å²) < 4.78 is 29.3. The van der Waals surface area contributed by atoms with Crippen molar-refractivity contribution < 1.29 is 8.78 Å². The van der Waals surface area contributed by atoms with Crippen LogP contribution in [0.4, 0.5) is 8.78 Å². The summed E-state index contributed by atoms with van der Waals surface area (Å²) in [7, 11) is 0. The molecule has 34 heavy (non-hydrogen) atoms. The van der Waals surface area contributed by atoms with Crippen molar-refractivity contribution >= 4 is 0 Å². The van der Waals surface area contributed by atoms with Crippen molar-refractivity contribution in [2.45, 2.75) is 96.3 Å². The average Bonchev–Trinajstić information content (AvgIpc) is 2.87. The Kier molecular flexibility index (Phi) is 8.98. The van der Waals surface area contributed by atoms with Crippen LogP contribution in [0.3, 0.4) is 0 Å². The highest BCUT2D eigenvalue weighted by atomic mass is 19.1. The number of rotatable bonds is 8. The third-order valence-corrected chi connectivity index (χ3v) is 8.82. The molecule has 0 aromatic heterocycles. The first-order valence-electron chi connectivity index (χ1n) is 13.7. The zero-order valence-electron chi connectivity index (χ0n) is 21.1. The van der Waals surface area contributed by atoms with E-state index in [0.717, 1.165) is 36.2 Å². The van der Waals surface area contributed by atoms with Crippen molar-refractivity contribution in [2.24, 2.45) is 17.8 Å². The van der Waals surface area contributed by atoms with Crippen LogP contribution in [-0.4, -0.2) is 0 Å². The Labute approximate surface area is 205 Å². The van der Waals surface area contributed by atoms with E-state index in [2.05, 4.69) is 37.3 Å². The Bertz CT molecular complexity index is 892. The highest BCUT2D eigenvalue weighted by molar-refractivity contribution is 5.29. The first kappa shape index (κ1) is 25.1. The molecule has 2 aliphatic carbocycles.